The minimum Gasteiger partial charge on any atom is -0.484 e. The van der Waals surface area contributed by atoms with Crippen LogP contribution in [0.5, 0.6) is 5.75 Å². The number of likely N-dealkylation sites (tertiary alicyclic amines) is 1. The van der Waals surface area contributed by atoms with E-state index < -0.39 is 34.8 Å². The van der Waals surface area contributed by atoms with E-state index in [0.717, 1.165) is 12.1 Å². The van der Waals surface area contributed by atoms with Gasteiger partial charge in [0.25, 0.3) is 6.47 Å². The number of carbonyl (C=O) groups is 2. The number of hydrogen-bond donors (Lipinski definition) is 1. The van der Waals surface area contributed by atoms with Gasteiger partial charge in [0, 0.05) is 19.5 Å². The lowest BCUT2D eigenvalue weighted by Crippen LogP contribution is -2.56. The average molecular weight is 428 g/mol. The van der Waals surface area contributed by atoms with Gasteiger partial charge < -0.3 is 20.1 Å². The molecule has 1 aromatic carbocycles. The number of rotatable bonds is 8. The molecule has 2 fully saturated rings. The van der Waals surface area contributed by atoms with E-state index in [2.05, 4.69) is 0 Å². The van der Waals surface area contributed by atoms with Crippen LogP contribution in [0.4, 0.5) is 13.2 Å². The highest BCUT2D eigenvalue weighted by atomic mass is 19.2. The topological polar surface area (TPSA) is 81.9 Å². The lowest BCUT2D eigenvalue weighted by molar-refractivity contribution is -0.138. The van der Waals surface area contributed by atoms with Gasteiger partial charge in [-0.2, -0.15) is 4.39 Å². The van der Waals surface area contributed by atoms with Gasteiger partial charge in [-0.25, -0.2) is 8.78 Å². The minimum absolute atomic E-state index is 0.00278. The van der Waals surface area contributed by atoms with Crippen LogP contribution in [0, 0.1) is 29.3 Å². The Balaban J connectivity index is 1.44. The molecule has 1 unspecified atom stereocenters. The number of nitrogens with two attached hydrogens (primary N) is 1. The molecule has 1 aliphatic carbocycles. The molecule has 0 aromatic heterocycles. The maximum Gasteiger partial charge on any atom is 0.293 e. The first kappa shape index (κ1) is 22.4. The van der Waals surface area contributed by atoms with Crippen molar-refractivity contribution < 1.29 is 32.2 Å². The SMILES string of the molecule is CC(Oc1c(F)ccc(F)c1F)C1CCN(C(=O)C[C@H]2C[C@](N)(COC=O)C2)CC1. The van der Waals surface area contributed by atoms with E-state index in [9.17, 15) is 22.8 Å². The number of amides is 1. The van der Waals surface area contributed by atoms with Crippen molar-refractivity contribution in [3.63, 3.8) is 0 Å². The fourth-order valence-corrected chi connectivity index (χ4v) is 4.45. The molecular formula is C21H27F3N2O4. The summed E-state index contributed by atoms with van der Waals surface area (Å²) in [7, 11) is 0. The third kappa shape index (κ3) is 5.06. The maximum absolute atomic E-state index is 13.8. The molecule has 166 valence electrons. The normalized spacial score (nSPS) is 25.4. The van der Waals surface area contributed by atoms with Gasteiger partial charge in [0.1, 0.15) is 6.61 Å². The van der Waals surface area contributed by atoms with E-state index in [1.54, 1.807) is 11.8 Å². The third-order valence-corrected chi connectivity index (χ3v) is 6.15. The first-order valence-electron chi connectivity index (χ1n) is 10.1. The maximum atomic E-state index is 13.8. The fraction of sp³-hybridized carbons (Fsp3) is 0.619. The molecule has 30 heavy (non-hydrogen) atoms. The van der Waals surface area contributed by atoms with Crippen molar-refractivity contribution in [3.05, 3.63) is 29.6 Å². The van der Waals surface area contributed by atoms with E-state index in [4.69, 9.17) is 15.2 Å². The number of piperidine rings is 1. The van der Waals surface area contributed by atoms with Gasteiger partial charge >= 0.3 is 0 Å². The second-order valence-electron chi connectivity index (χ2n) is 8.46. The number of benzene rings is 1. The van der Waals surface area contributed by atoms with Crippen molar-refractivity contribution in [1.29, 1.82) is 0 Å². The summed E-state index contributed by atoms with van der Waals surface area (Å²) < 4.78 is 51.1. The van der Waals surface area contributed by atoms with Crippen LogP contribution < -0.4 is 10.5 Å². The molecule has 1 aromatic rings. The van der Waals surface area contributed by atoms with Crippen LogP contribution in [0.2, 0.25) is 0 Å². The Bertz CT molecular complexity index is 778. The average Bonchev–Trinajstić information content (AvgIpc) is 2.71. The Labute approximate surface area is 173 Å². The molecule has 1 amide bonds. The fourth-order valence-electron chi connectivity index (χ4n) is 4.45. The molecule has 3 rings (SSSR count). The molecule has 6 nitrogen and oxygen atoms in total. The summed E-state index contributed by atoms with van der Waals surface area (Å²) in [6.45, 7) is 3.29. The van der Waals surface area contributed by atoms with Crippen LogP contribution >= 0.6 is 0 Å². The lowest BCUT2D eigenvalue weighted by Gasteiger charge is -2.44. The number of nitrogens with zero attached hydrogens (tertiary/aromatic N) is 1. The van der Waals surface area contributed by atoms with Crippen LogP contribution in [-0.2, 0) is 14.3 Å². The summed E-state index contributed by atoms with van der Waals surface area (Å²) in [5, 5.41) is 0. The summed E-state index contributed by atoms with van der Waals surface area (Å²) in [5.74, 6) is -3.90. The van der Waals surface area contributed by atoms with E-state index in [0.29, 0.717) is 51.7 Å². The van der Waals surface area contributed by atoms with Crippen LogP contribution in [0.3, 0.4) is 0 Å². The molecule has 1 aliphatic heterocycles. The van der Waals surface area contributed by atoms with Gasteiger partial charge in [-0.1, -0.05) is 0 Å². The summed E-state index contributed by atoms with van der Waals surface area (Å²) in [6, 6.07) is 1.56. The number of halogens is 3. The van der Waals surface area contributed by atoms with Gasteiger partial charge in [-0.3, -0.25) is 9.59 Å². The first-order chi connectivity index (χ1) is 14.2. The second-order valence-corrected chi connectivity index (χ2v) is 8.46. The molecule has 1 saturated carbocycles. The molecule has 9 heteroatoms. The number of hydrogen-bond acceptors (Lipinski definition) is 5. The summed E-state index contributed by atoms with van der Waals surface area (Å²) in [6.07, 6.45) is 2.41. The predicted octanol–water partition coefficient (Wildman–Crippen LogP) is 2.78. The Morgan fingerprint density at radius 1 is 1.27 bits per heavy atom. The van der Waals surface area contributed by atoms with Gasteiger partial charge in [0.15, 0.2) is 17.4 Å². The summed E-state index contributed by atoms with van der Waals surface area (Å²) in [5.41, 5.74) is 5.54. The molecule has 0 spiro atoms. The molecule has 1 atom stereocenters. The van der Waals surface area contributed by atoms with Crippen molar-refractivity contribution >= 4 is 12.4 Å². The van der Waals surface area contributed by atoms with Gasteiger partial charge in [-0.15, -0.1) is 0 Å². The van der Waals surface area contributed by atoms with Crippen LogP contribution in [-0.4, -0.2) is 48.6 Å². The smallest absolute Gasteiger partial charge is 0.293 e. The van der Waals surface area contributed by atoms with Crippen molar-refractivity contribution in [2.45, 2.75) is 50.7 Å². The van der Waals surface area contributed by atoms with Gasteiger partial charge in [0.2, 0.25) is 11.7 Å². The Morgan fingerprint density at radius 3 is 2.53 bits per heavy atom. The number of ether oxygens (including phenoxy) is 2. The van der Waals surface area contributed by atoms with Crippen LogP contribution in [0.15, 0.2) is 12.1 Å². The van der Waals surface area contributed by atoms with Crippen LogP contribution in [0.1, 0.15) is 39.0 Å². The Hall–Kier alpha value is -2.29. The quantitative estimate of drug-likeness (QED) is 0.509. The second kappa shape index (κ2) is 9.24. The molecule has 2 aliphatic rings. The highest BCUT2D eigenvalue weighted by Crippen LogP contribution is 2.39. The van der Waals surface area contributed by atoms with E-state index in [1.165, 1.54) is 0 Å². The molecular weight excluding hydrogens is 401 g/mol. The lowest BCUT2D eigenvalue weighted by atomic mass is 9.68. The van der Waals surface area contributed by atoms with Crippen molar-refractivity contribution in [3.8, 4) is 5.75 Å². The zero-order valence-electron chi connectivity index (χ0n) is 16.9. The molecule has 0 bridgehead atoms. The zero-order chi connectivity index (χ0) is 21.9. The van der Waals surface area contributed by atoms with E-state index in [-0.39, 0.29) is 24.3 Å². The van der Waals surface area contributed by atoms with Crippen molar-refractivity contribution in [2.75, 3.05) is 19.7 Å². The monoisotopic (exact) mass is 428 g/mol. The Kier molecular flexibility index (Phi) is 6.90. The molecule has 2 N–H and O–H groups in total. The van der Waals surface area contributed by atoms with E-state index >= 15 is 0 Å². The van der Waals surface area contributed by atoms with Crippen molar-refractivity contribution in [2.24, 2.45) is 17.6 Å². The summed E-state index contributed by atoms with van der Waals surface area (Å²) >= 11 is 0. The highest BCUT2D eigenvalue weighted by Gasteiger charge is 2.43. The van der Waals surface area contributed by atoms with Gasteiger partial charge in [0.05, 0.1) is 11.6 Å². The molecule has 1 heterocycles. The third-order valence-electron chi connectivity index (χ3n) is 6.15. The zero-order valence-corrected chi connectivity index (χ0v) is 16.9. The van der Waals surface area contributed by atoms with Crippen LogP contribution in [0.25, 0.3) is 0 Å². The first-order valence-corrected chi connectivity index (χ1v) is 10.1. The Morgan fingerprint density at radius 2 is 1.90 bits per heavy atom. The molecule has 0 radical (unpaired) electrons. The standard InChI is InChI=1S/C21H27F3N2O4/c1-13(30-20-17(23)3-2-16(22)19(20)24)15-4-6-26(7-5-15)18(28)8-14-9-21(25,10-14)11-29-12-27/h2-3,12-15H,4-11,25H2,1H3/t13?,14-,21+. The van der Waals surface area contributed by atoms with E-state index in [1.807, 2.05) is 0 Å². The largest absolute Gasteiger partial charge is 0.484 e. The minimum atomic E-state index is -1.33. The highest BCUT2D eigenvalue weighted by molar-refractivity contribution is 5.76. The van der Waals surface area contributed by atoms with Gasteiger partial charge in [-0.05, 0) is 56.6 Å². The number of carbonyl (C=O) groups excluding carboxylic acids is 2. The predicted molar refractivity (Wildman–Crippen MR) is 102 cm³/mol. The molecule has 1 saturated heterocycles. The van der Waals surface area contributed by atoms with Crippen molar-refractivity contribution in [1.82, 2.24) is 4.90 Å². The summed E-state index contributed by atoms with van der Waals surface area (Å²) in [4.78, 5) is 24.6.